The lowest BCUT2D eigenvalue weighted by molar-refractivity contribution is -0.118. The van der Waals surface area contributed by atoms with Crippen LogP contribution in [0.5, 0.6) is 0 Å². The Balaban J connectivity index is 2.75. The molecule has 0 aromatic heterocycles. The number of amides is 1. The Labute approximate surface area is 92.9 Å². The van der Waals surface area contributed by atoms with Crippen LogP contribution in [0.2, 0.25) is 0 Å². The van der Waals surface area contributed by atoms with E-state index in [-0.39, 0.29) is 23.6 Å². The van der Waals surface area contributed by atoms with Crippen LogP contribution in [-0.4, -0.2) is 12.5 Å². The molecule has 1 aromatic carbocycles. The summed E-state index contributed by atoms with van der Waals surface area (Å²) in [5, 5.41) is 11.0. The van der Waals surface area contributed by atoms with Crippen molar-refractivity contribution in [2.75, 3.05) is 6.54 Å². The van der Waals surface area contributed by atoms with E-state index in [0.29, 0.717) is 0 Å². The molecule has 1 rings (SSSR count). The summed E-state index contributed by atoms with van der Waals surface area (Å²) in [5.74, 6) is 4.46. The molecule has 1 N–H and O–H groups in total. The lowest BCUT2D eigenvalue weighted by Crippen LogP contribution is -2.19. The van der Waals surface area contributed by atoms with E-state index in [4.69, 9.17) is 5.26 Å². The lowest BCUT2D eigenvalue weighted by atomic mass is 10.1. The second kappa shape index (κ2) is 5.53. The second-order valence-corrected chi connectivity index (χ2v) is 3.02. The molecular weight excluding hydrogens is 207 g/mol. The van der Waals surface area contributed by atoms with Crippen LogP contribution in [0.4, 0.5) is 4.39 Å². The van der Waals surface area contributed by atoms with Crippen LogP contribution in [0, 0.1) is 29.0 Å². The van der Waals surface area contributed by atoms with E-state index in [1.54, 1.807) is 0 Å². The summed E-state index contributed by atoms with van der Waals surface area (Å²) in [4.78, 5) is 10.5. The van der Waals surface area contributed by atoms with Crippen molar-refractivity contribution < 1.29 is 9.18 Å². The van der Waals surface area contributed by atoms with Crippen LogP contribution in [0.3, 0.4) is 0 Å². The first-order valence-corrected chi connectivity index (χ1v) is 4.56. The number of hydrogen-bond donors (Lipinski definition) is 1. The number of nitrogens with one attached hydrogen (secondary N) is 1. The fraction of sp³-hybridized carbons (Fsp3) is 0.167. The van der Waals surface area contributed by atoms with Crippen LogP contribution in [0.1, 0.15) is 18.1 Å². The van der Waals surface area contributed by atoms with E-state index in [9.17, 15) is 9.18 Å². The highest BCUT2D eigenvalue weighted by atomic mass is 19.1. The van der Waals surface area contributed by atoms with Crippen molar-refractivity contribution in [3.63, 3.8) is 0 Å². The Kier molecular flexibility index (Phi) is 4.06. The molecule has 4 heteroatoms. The summed E-state index contributed by atoms with van der Waals surface area (Å²) >= 11 is 0. The highest BCUT2D eigenvalue weighted by Gasteiger charge is 1.99. The number of carbonyl (C=O) groups is 1. The summed E-state index contributed by atoms with van der Waals surface area (Å²) in [5.41, 5.74) is 0.467. The fourth-order valence-corrected chi connectivity index (χ4v) is 0.994. The van der Waals surface area contributed by atoms with E-state index in [2.05, 4.69) is 17.2 Å². The molecule has 0 bridgehead atoms. The van der Waals surface area contributed by atoms with Crippen LogP contribution >= 0.6 is 0 Å². The first-order valence-electron chi connectivity index (χ1n) is 4.56. The molecule has 0 aliphatic rings. The van der Waals surface area contributed by atoms with Gasteiger partial charge in [-0.3, -0.25) is 4.79 Å². The Morgan fingerprint density at radius 1 is 1.56 bits per heavy atom. The molecule has 0 heterocycles. The van der Waals surface area contributed by atoms with Crippen LogP contribution in [0.15, 0.2) is 18.2 Å². The van der Waals surface area contributed by atoms with Gasteiger partial charge in [0.25, 0.3) is 0 Å². The fourth-order valence-electron chi connectivity index (χ4n) is 0.994. The zero-order valence-electron chi connectivity index (χ0n) is 8.67. The van der Waals surface area contributed by atoms with Gasteiger partial charge in [-0.25, -0.2) is 4.39 Å². The Morgan fingerprint density at radius 3 is 2.88 bits per heavy atom. The number of halogens is 1. The predicted molar refractivity (Wildman–Crippen MR) is 56.7 cm³/mol. The second-order valence-electron chi connectivity index (χ2n) is 3.02. The molecule has 0 saturated carbocycles. The van der Waals surface area contributed by atoms with Crippen molar-refractivity contribution in [2.24, 2.45) is 0 Å². The molecule has 0 unspecified atom stereocenters. The summed E-state index contributed by atoms with van der Waals surface area (Å²) in [6.07, 6.45) is 0. The maximum Gasteiger partial charge on any atom is 0.217 e. The molecule has 1 amide bonds. The largest absolute Gasteiger partial charge is 0.345 e. The zero-order valence-corrected chi connectivity index (χ0v) is 8.67. The quantitative estimate of drug-likeness (QED) is 0.717. The topological polar surface area (TPSA) is 52.9 Å². The smallest absolute Gasteiger partial charge is 0.217 e. The first kappa shape index (κ1) is 11.7. The number of hydrogen-bond acceptors (Lipinski definition) is 2. The van der Waals surface area contributed by atoms with Gasteiger partial charge in [0.15, 0.2) is 0 Å². The van der Waals surface area contributed by atoms with E-state index >= 15 is 0 Å². The third kappa shape index (κ3) is 3.43. The Morgan fingerprint density at radius 2 is 2.31 bits per heavy atom. The number of nitriles is 1. The standard InChI is InChI=1S/C12H9FN2O/c1-9(16)15-6-2-3-11-5-4-10(8-14)7-12(11)13/h4-5,7H,6H2,1H3,(H,15,16). The molecule has 0 aliphatic carbocycles. The SMILES string of the molecule is CC(=O)NCC#Cc1ccc(C#N)cc1F. The van der Waals surface area contributed by atoms with Gasteiger partial charge in [-0.15, -0.1) is 0 Å². The van der Waals surface area contributed by atoms with Crippen molar-refractivity contribution in [2.45, 2.75) is 6.92 Å². The Bertz CT molecular complexity index is 506. The van der Waals surface area contributed by atoms with E-state index < -0.39 is 5.82 Å². The van der Waals surface area contributed by atoms with Crippen molar-refractivity contribution in [3.05, 3.63) is 35.1 Å². The maximum atomic E-state index is 13.3. The average Bonchev–Trinajstić information content (AvgIpc) is 2.25. The number of nitrogens with zero attached hydrogens (tertiary/aromatic N) is 1. The molecular formula is C12H9FN2O. The van der Waals surface area contributed by atoms with Crippen molar-refractivity contribution >= 4 is 5.91 Å². The van der Waals surface area contributed by atoms with Crippen molar-refractivity contribution in [3.8, 4) is 17.9 Å². The maximum absolute atomic E-state index is 13.3. The van der Waals surface area contributed by atoms with Gasteiger partial charge in [-0.1, -0.05) is 11.8 Å². The Hall–Kier alpha value is -2.33. The van der Waals surface area contributed by atoms with Gasteiger partial charge in [0.05, 0.1) is 23.7 Å². The predicted octanol–water partition coefficient (Wildman–Crippen LogP) is 1.18. The van der Waals surface area contributed by atoms with Crippen LogP contribution in [-0.2, 0) is 4.79 Å². The van der Waals surface area contributed by atoms with E-state index in [1.165, 1.54) is 19.1 Å². The molecule has 1 aromatic rings. The van der Waals surface area contributed by atoms with Gasteiger partial charge in [0.2, 0.25) is 5.91 Å². The number of benzene rings is 1. The van der Waals surface area contributed by atoms with Gasteiger partial charge >= 0.3 is 0 Å². The number of carbonyl (C=O) groups excluding carboxylic acids is 1. The number of rotatable bonds is 1. The van der Waals surface area contributed by atoms with Gasteiger partial charge in [0, 0.05) is 6.92 Å². The third-order valence-electron chi connectivity index (χ3n) is 1.75. The first-order chi connectivity index (χ1) is 7.63. The van der Waals surface area contributed by atoms with Crippen LogP contribution in [0.25, 0.3) is 0 Å². The van der Waals surface area contributed by atoms with E-state index in [1.807, 2.05) is 6.07 Å². The van der Waals surface area contributed by atoms with Gasteiger partial charge in [-0.05, 0) is 18.2 Å². The summed E-state index contributed by atoms with van der Waals surface area (Å²) in [7, 11) is 0. The van der Waals surface area contributed by atoms with E-state index in [0.717, 1.165) is 6.07 Å². The molecule has 3 nitrogen and oxygen atoms in total. The molecule has 0 saturated heterocycles. The zero-order chi connectivity index (χ0) is 12.0. The molecule has 0 fully saturated rings. The van der Waals surface area contributed by atoms with Crippen LogP contribution < -0.4 is 5.32 Å². The summed E-state index contributed by atoms with van der Waals surface area (Å²) in [6.45, 7) is 1.55. The highest BCUT2D eigenvalue weighted by molar-refractivity contribution is 5.73. The third-order valence-corrected chi connectivity index (χ3v) is 1.75. The monoisotopic (exact) mass is 216 g/mol. The van der Waals surface area contributed by atoms with Crippen molar-refractivity contribution in [1.29, 1.82) is 5.26 Å². The molecule has 80 valence electrons. The summed E-state index contributed by atoms with van der Waals surface area (Å²) in [6, 6.07) is 5.89. The van der Waals surface area contributed by atoms with Crippen molar-refractivity contribution in [1.82, 2.24) is 5.32 Å². The molecule has 0 spiro atoms. The minimum absolute atomic E-state index is 0.175. The molecule has 16 heavy (non-hydrogen) atoms. The summed E-state index contributed by atoms with van der Waals surface area (Å²) < 4.78 is 13.3. The van der Waals surface area contributed by atoms with Gasteiger partial charge in [-0.2, -0.15) is 5.26 Å². The average molecular weight is 216 g/mol. The minimum Gasteiger partial charge on any atom is -0.345 e. The molecule has 0 aliphatic heterocycles. The molecule has 0 radical (unpaired) electrons. The minimum atomic E-state index is -0.533. The normalized spacial score (nSPS) is 8.56. The molecule has 0 atom stereocenters. The lowest BCUT2D eigenvalue weighted by Gasteiger charge is -1.95. The van der Waals surface area contributed by atoms with Gasteiger partial charge in [0.1, 0.15) is 5.82 Å². The van der Waals surface area contributed by atoms with Gasteiger partial charge < -0.3 is 5.32 Å². The highest BCUT2D eigenvalue weighted by Crippen LogP contribution is 2.08.